The van der Waals surface area contributed by atoms with Crippen molar-refractivity contribution in [2.75, 3.05) is 0 Å². The summed E-state index contributed by atoms with van der Waals surface area (Å²) in [5.41, 5.74) is 0. The van der Waals surface area contributed by atoms with Crippen LogP contribution in [0.1, 0.15) is 78.1 Å². The number of carbonyl (C=O) groups excluding carboxylic acids is 2. The minimum absolute atomic E-state index is 0.0469. The zero-order valence-electron chi connectivity index (χ0n) is 16.7. The molecule has 0 aromatic rings. The molecule has 1 N–H and O–H groups in total. The molecule has 3 atom stereocenters. The van der Waals surface area contributed by atoms with Gasteiger partial charge in [-0.15, -0.1) is 0 Å². The first-order valence-corrected chi connectivity index (χ1v) is 10.2. The van der Waals surface area contributed by atoms with Gasteiger partial charge in [0, 0.05) is 25.2 Å². The fraction of sp³-hybridized carbons (Fsp3) is 0.682. The molecular formula is C22H34O5. The van der Waals surface area contributed by atoms with E-state index in [9.17, 15) is 14.4 Å². The fourth-order valence-electron chi connectivity index (χ4n) is 3.44. The fourth-order valence-corrected chi connectivity index (χ4v) is 3.44. The molecule has 0 heterocycles. The van der Waals surface area contributed by atoms with Gasteiger partial charge >= 0.3 is 11.9 Å². The Morgan fingerprint density at radius 3 is 2.59 bits per heavy atom. The summed E-state index contributed by atoms with van der Waals surface area (Å²) < 4.78 is 5.38. The lowest BCUT2D eigenvalue weighted by Gasteiger charge is -2.17. The molecule has 0 saturated carbocycles. The number of ketones is 1. The van der Waals surface area contributed by atoms with E-state index in [2.05, 4.69) is 6.92 Å². The van der Waals surface area contributed by atoms with Gasteiger partial charge in [-0.25, -0.2) is 0 Å². The zero-order valence-corrected chi connectivity index (χ0v) is 16.7. The molecule has 0 aliphatic heterocycles. The van der Waals surface area contributed by atoms with E-state index < -0.39 is 5.97 Å². The van der Waals surface area contributed by atoms with Gasteiger partial charge < -0.3 is 9.84 Å². The van der Waals surface area contributed by atoms with E-state index in [1.807, 2.05) is 18.2 Å². The topological polar surface area (TPSA) is 80.7 Å². The lowest BCUT2D eigenvalue weighted by atomic mass is 9.88. The van der Waals surface area contributed by atoms with Crippen LogP contribution < -0.4 is 0 Å². The standard InChI is InChI=1S/C22H34O5/c1-3-4-7-10-19(27-17(2)23)15-13-18-14-16-21(24)20(18)11-8-5-6-9-12-22(25)26/h13-16,18-20H,3-12H2,1-2H3,(H,25,26)/b15-13+/t18-,19-,20+/m0/s1. The minimum Gasteiger partial charge on any atom is -0.481 e. The molecule has 1 aliphatic rings. The van der Waals surface area contributed by atoms with Crippen molar-refractivity contribution < 1.29 is 24.2 Å². The molecule has 0 unspecified atom stereocenters. The summed E-state index contributed by atoms with van der Waals surface area (Å²) in [4.78, 5) is 34.0. The molecule has 0 aromatic heterocycles. The second kappa shape index (κ2) is 13.3. The van der Waals surface area contributed by atoms with Gasteiger partial charge in [-0.1, -0.05) is 51.2 Å². The molecule has 0 fully saturated rings. The summed E-state index contributed by atoms with van der Waals surface area (Å²) in [6.07, 6.45) is 15.8. The molecule has 152 valence electrons. The third kappa shape index (κ3) is 10.1. The predicted octanol–water partition coefficient (Wildman–Crippen LogP) is 4.85. The second-order valence-corrected chi connectivity index (χ2v) is 7.32. The molecule has 0 aromatic carbocycles. The summed E-state index contributed by atoms with van der Waals surface area (Å²) in [5.74, 6) is -0.867. The van der Waals surface area contributed by atoms with Crippen molar-refractivity contribution in [2.24, 2.45) is 11.8 Å². The van der Waals surface area contributed by atoms with Crippen molar-refractivity contribution in [3.8, 4) is 0 Å². The Labute approximate surface area is 162 Å². The number of aliphatic carboxylic acids is 1. The number of unbranched alkanes of at least 4 members (excludes halogenated alkanes) is 5. The van der Waals surface area contributed by atoms with Crippen LogP contribution in [0.25, 0.3) is 0 Å². The summed E-state index contributed by atoms with van der Waals surface area (Å²) in [7, 11) is 0. The third-order valence-electron chi connectivity index (χ3n) is 4.93. The highest BCUT2D eigenvalue weighted by Gasteiger charge is 2.27. The molecule has 0 amide bonds. The summed E-state index contributed by atoms with van der Waals surface area (Å²) in [6, 6.07) is 0. The number of ether oxygens (including phenoxy) is 1. The van der Waals surface area contributed by atoms with E-state index in [-0.39, 0.29) is 36.1 Å². The summed E-state index contributed by atoms with van der Waals surface area (Å²) >= 11 is 0. The van der Waals surface area contributed by atoms with Crippen LogP contribution in [-0.2, 0) is 19.1 Å². The number of esters is 1. The first-order valence-electron chi connectivity index (χ1n) is 10.2. The van der Waals surface area contributed by atoms with Crippen LogP contribution >= 0.6 is 0 Å². The van der Waals surface area contributed by atoms with Gasteiger partial charge in [-0.05, 0) is 37.8 Å². The van der Waals surface area contributed by atoms with Gasteiger partial charge in [-0.3, -0.25) is 14.4 Å². The largest absolute Gasteiger partial charge is 0.481 e. The minimum atomic E-state index is -0.753. The highest BCUT2D eigenvalue weighted by Crippen LogP contribution is 2.29. The molecule has 5 heteroatoms. The molecule has 0 spiro atoms. The van der Waals surface area contributed by atoms with Crippen LogP contribution in [0.3, 0.4) is 0 Å². The molecular weight excluding hydrogens is 344 g/mol. The highest BCUT2D eigenvalue weighted by molar-refractivity contribution is 5.94. The number of carbonyl (C=O) groups is 3. The third-order valence-corrected chi connectivity index (χ3v) is 4.93. The van der Waals surface area contributed by atoms with Gasteiger partial charge in [0.05, 0.1) is 0 Å². The Morgan fingerprint density at radius 2 is 1.93 bits per heavy atom. The van der Waals surface area contributed by atoms with E-state index in [1.165, 1.54) is 6.92 Å². The van der Waals surface area contributed by atoms with Crippen molar-refractivity contribution in [3.63, 3.8) is 0 Å². The maximum absolute atomic E-state index is 12.1. The maximum atomic E-state index is 12.1. The van der Waals surface area contributed by atoms with Gasteiger partial charge in [-0.2, -0.15) is 0 Å². The second-order valence-electron chi connectivity index (χ2n) is 7.32. The van der Waals surface area contributed by atoms with Gasteiger partial charge in [0.1, 0.15) is 6.10 Å². The van der Waals surface area contributed by atoms with Gasteiger partial charge in [0.2, 0.25) is 0 Å². The number of rotatable bonds is 14. The van der Waals surface area contributed by atoms with Crippen molar-refractivity contribution in [1.82, 2.24) is 0 Å². The molecule has 1 rings (SSSR count). The Kier molecular flexibility index (Phi) is 11.4. The Bertz CT molecular complexity index is 535. The molecule has 0 radical (unpaired) electrons. The van der Waals surface area contributed by atoms with E-state index in [0.29, 0.717) is 6.42 Å². The van der Waals surface area contributed by atoms with E-state index in [1.54, 1.807) is 6.08 Å². The first-order chi connectivity index (χ1) is 12.9. The SMILES string of the molecule is CCCCC[C@@H](/C=C/[C@H]1C=CC(=O)[C@@H]1CCCCCCC(=O)O)OC(C)=O. The number of carboxylic acids is 1. The average Bonchev–Trinajstić information content (AvgIpc) is 2.95. The van der Waals surface area contributed by atoms with Crippen LogP contribution in [0.15, 0.2) is 24.3 Å². The molecule has 1 aliphatic carbocycles. The van der Waals surface area contributed by atoms with E-state index in [4.69, 9.17) is 9.84 Å². The molecule has 0 saturated heterocycles. The number of hydrogen-bond donors (Lipinski definition) is 1. The average molecular weight is 379 g/mol. The number of allylic oxidation sites excluding steroid dienone is 3. The monoisotopic (exact) mass is 378 g/mol. The van der Waals surface area contributed by atoms with E-state index in [0.717, 1.165) is 51.4 Å². The van der Waals surface area contributed by atoms with Crippen LogP contribution in [0.2, 0.25) is 0 Å². The quantitative estimate of drug-likeness (QED) is 0.265. The number of hydrogen-bond acceptors (Lipinski definition) is 4. The Hall–Kier alpha value is -1.91. The molecule has 0 bridgehead atoms. The van der Waals surface area contributed by atoms with E-state index >= 15 is 0 Å². The summed E-state index contributed by atoms with van der Waals surface area (Å²) in [5, 5.41) is 8.65. The number of carboxylic acid groups (broad SMARTS) is 1. The van der Waals surface area contributed by atoms with Crippen molar-refractivity contribution in [2.45, 2.75) is 84.2 Å². The van der Waals surface area contributed by atoms with Crippen LogP contribution in [0.4, 0.5) is 0 Å². The van der Waals surface area contributed by atoms with Crippen molar-refractivity contribution in [3.05, 3.63) is 24.3 Å². The Balaban J connectivity index is 2.47. The lowest BCUT2D eigenvalue weighted by Crippen LogP contribution is -2.17. The first kappa shape index (κ1) is 23.1. The normalized spacial score (nSPS) is 20.3. The van der Waals surface area contributed by atoms with Crippen molar-refractivity contribution >= 4 is 17.7 Å². The van der Waals surface area contributed by atoms with Gasteiger partial charge in [0.25, 0.3) is 0 Å². The smallest absolute Gasteiger partial charge is 0.303 e. The highest BCUT2D eigenvalue weighted by atomic mass is 16.5. The van der Waals surface area contributed by atoms with Crippen LogP contribution in [-0.4, -0.2) is 28.9 Å². The molecule has 27 heavy (non-hydrogen) atoms. The zero-order chi connectivity index (χ0) is 20.1. The Morgan fingerprint density at radius 1 is 1.19 bits per heavy atom. The predicted molar refractivity (Wildman–Crippen MR) is 105 cm³/mol. The molecule has 5 nitrogen and oxygen atoms in total. The lowest BCUT2D eigenvalue weighted by molar-refractivity contribution is -0.144. The van der Waals surface area contributed by atoms with Crippen LogP contribution in [0, 0.1) is 11.8 Å². The summed E-state index contributed by atoms with van der Waals surface area (Å²) in [6.45, 7) is 3.56. The maximum Gasteiger partial charge on any atom is 0.303 e. The van der Waals surface area contributed by atoms with Crippen molar-refractivity contribution in [1.29, 1.82) is 0 Å². The van der Waals surface area contributed by atoms with Crippen LogP contribution in [0.5, 0.6) is 0 Å². The van der Waals surface area contributed by atoms with Gasteiger partial charge in [0.15, 0.2) is 5.78 Å².